The number of aryl methyl sites for hydroxylation is 1. The van der Waals surface area contributed by atoms with Crippen LogP contribution in [0.15, 0.2) is 53.0 Å². The zero-order valence-corrected chi connectivity index (χ0v) is 15.7. The summed E-state index contributed by atoms with van der Waals surface area (Å²) >= 11 is 3.36. The van der Waals surface area contributed by atoms with Crippen LogP contribution in [0.1, 0.15) is 11.1 Å². The number of halogens is 1. The van der Waals surface area contributed by atoms with Gasteiger partial charge in [0.05, 0.1) is 12.3 Å². The molecule has 0 spiro atoms. The van der Waals surface area contributed by atoms with E-state index in [0.29, 0.717) is 5.75 Å². The number of sulfonamides is 1. The second-order valence-corrected chi connectivity index (χ2v) is 7.89. The first-order chi connectivity index (χ1) is 11.4. The summed E-state index contributed by atoms with van der Waals surface area (Å²) in [6.07, 6.45) is 0. The van der Waals surface area contributed by atoms with Crippen LogP contribution in [0.25, 0.3) is 0 Å². The molecule has 4 nitrogen and oxygen atoms in total. The maximum atomic E-state index is 12.0. The van der Waals surface area contributed by atoms with E-state index in [9.17, 15) is 8.42 Å². The molecule has 1 N–H and O–H groups in total. The molecule has 0 saturated heterocycles. The van der Waals surface area contributed by atoms with Crippen molar-refractivity contribution in [3.8, 4) is 17.6 Å². The molecule has 0 unspecified atom stereocenters. The zero-order valence-electron chi connectivity index (χ0n) is 13.3. The minimum absolute atomic E-state index is 0.0507. The largest absolute Gasteiger partial charge is 0.481 e. The Morgan fingerprint density at radius 3 is 2.67 bits per heavy atom. The molecule has 6 heteroatoms. The van der Waals surface area contributed by atoms with Gasteiger partial charge in [0.2, 0.25) is 10.0 Å². The first-order valence-electron chi connectivity index (χ1n) is 7.31. The maximum Gasteiger partial charge on any atom is 0.216 e. The first-order valence-corrected chi connectivity index (χ1v) is 9.76. The van der Waals surface area contributed by atoms with Crippen LogP contribution in [-0.4, -0.2) is 21.6 Å². The summed E-state index contributed by atoms with van der Waals surface area (Å²) in [5.41, 5.74) is 1.79. The quantitative estimate of drug-likeness (QED) is 0.747. The minimum atomic E-state index is -3.40. The molecule has 2 aromatic rings. The third-order valence-corrected chi connectivity index (χ3v) is 4.84. The number of hydrogen-bond acceptors (Lipinski definition) is 3. The van der Waals surface area contributed by atoms with Crippen LogP contribution in [0.4, 0.5) is 0 Å². The van der Waals surface area contributed by atoms with Crippen molar-refractivity contribution in [1.29, 1.82) is 0 Å². The lowest BCUT2D eigenvalue weighted by molar-refractivity contribution is 0.370. The monoisotopic (exact) mass is 407 g/mol. The standard InChI is InChI=1S/C18H18BrNO3S/c1-15-6-4-7-16(12-15)14-24(21,22)20-10-2-3-11-23-18-9-5-8-17(19)13-18/h4-9,12-13,20H,10-11,14H2,1H3. The molecule has 2 aromatic carbocycles. The van der Waals surface area contributed by atoms with Crippen LogP contribution in [-0.2, 0) is 15.8 Å². The fraction of sp³-hybridized carbons (Fsp3) is 0.222. The number of hydrogen-bond donors (Lipinski definition) is 1. The van der Waals surface area contributed by atoms with Crippen molar-refractivity contribution in [2.45, 2.75) is 12.7 Å². The van der Waals surface area contributed by atoms with Gasteiger partial charge >= 0.3 is 0 Å². The molecule has 0 aliphatic heterocycles. The third kappa shape index (κ3) is 6.75. The minimum Gasteiger partial charge on any atom is -0.481 e. The van der Waals surface area contributed by atoms with E-state index in [0.717, 1.165) is 15.6 Å². The van der Waals surface area contributed by atoms with Gasteiger partial charge in [0.1, 0.15) is 12.4 Å². The zero-order chi connectivity index (χ0) is 17.4. The SMILES string of the molecule is Cc1cccc(CS(=O)(=O)NCC#CCOc2cccc(Br)c2)c1. The summed E-state index contributed by atoms with van der Waals surface area (Å²) in [6.45, 7) is 2.20. The molecule has 0 aromatic heterocycles. The van der Waals surface area contributed by atoms with Crippen LogP contribution in [0.2, 0.25) is 0 Å². The van der Waals surface area contributed by atoms with Gasteiger partial charge in [-0.3, -0.25) is 0 Å². The molecule has 0 fully saturated rings. The Kier molecular flexibility index (Phi) is 6.85. The molecular formula is C18H18BrNO3S. The number of benzene rings is 2. The number of nitrogens with one attached hydrogen (secondary N) is 1. The van der Waals surface area contributed by atoms with Crippen LogP contribution < -0.4 is 9.46 Å². The lowest BCUT2D eigenvalue weighted by Crippen LogP contribution is -2.25. The van der Waals surface area contributed by atoms with E-state index in [4.69, 9.17) is 4.74 Å². The van der Waals surface area contributed by atoms with Gasteiger partial charge in [0.25, 0.3) is 0 Å². The predicted octanol–water partition coefficient (Wildman–Crippen LogP) is 3.26. The predicted molar refractivity (Wildman–Crippen MR) is 99.2 cm³/mol. The topological polar surface area (TPSA) is 55.4 Å². The summed E-state index contributed by atoms with van der Waals surface area (Å²) in [4.78, 5) is 0. The molecule has 0 amide bonds. The van der Waals surface area contributed by atoms with Gasteiger partial charge in [0, 0.05) is 4.47 Å². The van der Waals surface area contributed by atoms with Crippen molar-refractivity contribution >= 4 is 26.0 Å². The van der Waals surface area contributed by atoms with Crippen LogP contribution in [0, 0.1) is 18.8 Å². The summed E-state index contributed by atoms with van der Waals surface area (Å²) in [5, 5.41) is 0. The lowest BCUT2D eigenvalue weighted by Gasteiger charge is -2.05. The molecule has 0 atom stereocenters. The summed E-state index contributed by atoms with van der Waals surface area (Å²) < 4.78 is 32.8. The Morgan fingerprint density at radius 2 is 1.92 bits per heavy atom. The van der Waals surface area contributed by atoms with Crippen molar-refractivity contribution in [2.75, 3.05) is 13.2 Å². The number of rotatable bonds is 6. The Bertz CT molecular complexity index is 854. The van der Waals surface area contributed by atoms with Gasteiger partial charge in [-0.1, -0.05) is 63.7 Å². The van der Waals surface area contributed by atoms with E-state index in [2.05, 4.69) is 32.5 Å². The molecule has 2 rings (SSSR count). The normalized spacial score (nSPS) is 10.8. The highest BCUT2D eigenvalue weighted by atomic mass is 79.9. The van der Waals surface area contributed by atoms with Crippen molar-refractivity contribution < 1.29 is 13.2 Å². The maximum absolute atomic E-state index is 12.0. The highest BCUT2D eigenvalue weighted by molar-refractivity contribution is 9.10. The van der Waals surface area contributed by atoms with Crippen LogP contribution in [0.3, 0.4) is 0 Å². The van der Waals surface area contributed by atoms with Gasteiger partial charge in [-0.05, 0) is 30.7 Å². The van der Waals surface area contributed by atoms with Crippen molar-refractivity contribution in [2.24, 2.45) is 0 Å². The first kappa shape index (κ1) is 18.5. The molecule has 24 heavy (non-hydrogen) atoms. The van der Waals surface area contributed by atoms with E-state index in [-0.39, 0.29) is 18.9 Å². The molecule has 0 bridgehead atoms. The van der Waals surface area contributed by atoms with Gasteiger partial charge in [-0.2, -0.15) is 0 Å². The van der Waals surface area contributed by atoms with Crippen LogP contribution in [0.5, 0.6) is 5.75 Å². The van der Waals surface area contributed by atoms with E-state index >= 15 is 0 Å². The molecule has 0 radical (unpaired) electrons. The van der Waals surface area contributed by atoms with Crippen molar-refractivity contribution in [3.05, 3.63) is 64.1 Å². The molecule has 0 aliphatic rings. The average Bonchev–Trinajstić information content (AvgIpc) is 2.50. The molecule has 0 aliphatic carbocycles. The Hall–Kier alpha value is -1.81. The fourth-order valence-corrected chi connectivity index (χ4v) is 3.40. The van der Waals surface area contributed by atoms with Gasteiger partial charge < -0.3 is 4.74 Å². The molecule has 126 valence electrons. The highest BCUT2D eigenvalue weighted by Gasteiger charge is 2.09. The second kappa shape index (κ2) is 8.88. The van der Waals surface area contributed by atoms with Gasteiger partial charge in [0.15, 0.2) is 0 Å². The molecule has 0 heterocycles. The fourth-order valence-electron chi connectivity index (χ4n) is 2.01. The van der Waals surface area contributed by atoms with Gasteiger partial charge in [-0.25, -0.2) is 13.1 Å². The van der Waals surface area contributed by atoms with E-state index < -0.39 is 10.0 Å². The smallest absolute Gasteiger partial charge is 0.216 e. The van der Waals surface area contributed by atoms with E-state index in [1.54, 1.807) is 6.07 Å². The lowest BCUT2D eigenvalue weighted by atomic mass is 10.2. The Balaban J connectivity index is 1.77. The van der Waals surface area contributed by atoms with E-state index in [1.165, 1.54) is 0 Å². The van der Waals surface area contributed by atoms with Gasteiger partial charge in [-0.15, -0.1) is 0 Å². The van der Waals surface area contributed by atoms with Crippen molar-refractivity contribution in [1.82, 2.24) is 4.72 Å². The van der Waals surface area contributed by atoms with E-state index in [1.807, 2.05) is 49.4 Å². The summed E-state index contributed by atoms with van der Waals surface area (Å²) in [6, 6.07) is 14.9. The van der Waals surface area contributed by atoms with Crippen molar-refractivity contribution in [3.63, 3.8) is 0 Å². The van der Waals surface area contributed by atoms with Crippen LogP contribution >= 0.6 is 15.9 Å². The Labute approximate surface area is 151 Å². The average molecular weight is 408 g/mol. The number of ether oxygens (including phenoxy) is 1. The summed E-state index contributed by atoms with van der Waals surface area (Å²) in [7, 11) is -3.40. The second-order valence-electron chi connectivity index (χ2n) is 5.17. The Morgan fingerprint density at radius 1 is 1.12 bits per heavy atom. The highest BCUT2D eigenvalue weighted by Crippen LogP contribution is 2.17. The molecular weight excluding hydrogens is 390 g/mol. The molecule has 0 saturated carbocycles. The third-order valence-electron chi connectivity index (χ3n) is 3.05. The summed E-state index contributed by atoms with van der Waals surface area (Å²) in [5.74, 6) is 6.19.